The first-order chi connectivity index (χ1) is 16.6. The van der Waals surface area contributed by atoms with Crippen molar-refractivity contribution in [1.29, 1.82) is 0 Å². The highest BCUT2D eigenvalue weighted by Crippen LogP contribution is 2.40. The number of benzene rings is 2. The second-order valence-electron chi connectivity index (χ2n) is 9.25. The second kappa shape index (κ2) is 9.75. The number of piperazine rings is 1. The summed E-state index contributed by atoms with van der Waals surface area (Å²) in [5.41, 5.74) is 7.15. The van der Waals surface area contributed by atoms with Gasteiger partial charge in [-0.25, -0.2) is 9.64 Å². The molecule has 0 radical (unpaired) electrons. The predicted molar refractivity (Wildman–Crippen MR) is 129 cm³/mol. The SMILES string of the molecule is [C-]#[N+]c1ccc2c(c1OC)CCOC2CN1CCN(CCc2ccc3c(c2C)COC3=O)CC1. The minimum atomic E-state index is -0.199. The zero-order valence-electron chi connectivity index (χ0n) is 19.9. The molecular weight excluding hydrogens is 430 g/mol. The summed E-state index contributed by atoms with van der Waals surface area (Å²) >= 11 is 0. The summed E-state index contributed by atoms with van der Waals surface area (Å²) in [6.45, 7) is 16.5. The molecule has 5 rings (SSSR count). The molecule has 1 saturated heterocycles. The minimum Gasteiger partial charge on any atom is -0.507 e. The van der Waals surface area contributed by atoms with Crippen molar-refractivity contribution in [2.75, 3.05) is 53.0 Å². The van der Waals surface area contributed by atoms with Crippen LogP contribution in [0.4, 0.5) is 5.69 Å². The molecule has 1 atom stereocenters. The maximum Gasteiger partial charge on any atom is 0.338 e. The topological polar surface area (TPSA) is 55.6 Å². The molecule has 0 amide bonds. The number of fused-ring (bicyclic) bond motifs is 2. The number of cyclic esters (lactones) is 1. The van der Waals surface area contributed by atoms with Crippen molar-refractivity contribution in [2.45, 2.75) is 32.5 Å². The monoisotopic (exact) mass is 461 g/mol. The molecule has 0 bridgehead atoms. The molecule has 1 unspecified atom stereocenters. The number of hydrogen-bond acceptors (Lipinski definition) is 6. The zero-order valence-corrected chi connectivity index (χ0v) is 19.9. The number of ether oxygens (including phenoxy) is 3. The third-order valence-corrected chi connectivity index (χ3v) is 7.48. The minimum absolute atomic E-state index is 0.0166. The fourth-order valence-electron chi connectivity index (χ4n) is 5.43. The Bertz CT molecular complexity index is 1130. The van der Waals surface area contributed by atoms with Gasteiger partial charge in [0.2, 0.25) is 5.69 Å². The first-order valence-corrected chi connectivity index (χ1v) is 12.0. The summed E-state index contributed by atoms with van der Waals surface area (Å²) in [7, 11) is 1.64. The lowest BCUT2D eigenvalue weighted by atomic mass is 9.95. The Labute approximate surface area is 201 Å². The molecule has 2 aromatic rings. The molecule has 7 nitrogen and oxygen atoms in total. The molecule has 34 heavy (non-hydrogen) atoms. The highest BCUT2D eigenvalue weighted by atomic mass is 16.5. The van der Waals surface area contributed by atoms with Crippen molar-refractivity contribution >= 4 is 11.7 Å². The van der Waals surface area contributed by atoms with Gasteiger partial charge in [0.15, 0.2) is 0 Å². The third kappa shape index (κ3) is 4.29. The lowest BCUT2D eigenvalue weighted by Gasteiger charge is -2.38. The number of hydrogen-bond donors (Lipinski definition) is 0. The van der Waals surface area contributed by atoms with Gasteiger partial charge in [-0.2, -0.15) is 0 Å². The summed E-state index contributed by atoms with van der Waals surface area (Å²) in [6, 6.07) is 7.90. The van der Waals surface area contributed by atoms with Gasteiger partial charge in [-0.3, -0.25) is 4.90 Å². The van der Waals surface area contributed by atoms with Crippen LogP contribution in [0.25, 0.3) is 4.85 Å². The van der Waals surface area contributed by atoms with Gasteiger partial charge < -0.3 is 19.1 Å². The number of carbonyl (C=O) groups excluding carboxylic acids is 1. The van der Waals surface area contributed by atoms with Crippen molar-refractivity contribution < 1.29 is 19.0 Å². The molecule has 0 aliphatic carbocycles. The highest BCUT2D eigenvalue weighted by Gasteiger charge is 2.28. The average Bonchev–Trinajstić information content (AvgIpc) is 3.25. The Kier molecular flexibility index (Phi) is 6.55. The van der Waals surface area contributed by atoms with Crippen molar-refractivity contribution in [3.8, 4) is 5.75 Å². The molecule has 0 aromatic heterocycles. The smallest absolute Gasteiger partial charge is 0.338 e. The summed E-state index contributed by atoms with van der Waals surface area (Å²) < 4.78 is 16.9. The van der Waals surface area contributed by atoms with Crippen LogP contribution in [-0.2, 0) is 28.9 Å². The van der Waals surface area contributed by atoms with Crippen LogP contribution in [0.1, 0.15) is 44.3 Å². The van der Waals surface area contributed by atoms with Gasteiger partial charge in [0.1, 0.15) is 12.4 Å². The molecule has 0 N–H and O–H groups in total. The molecular formula is C27H31N3O4. The Morgan fingerprint density at radius 1 is 1.12 bits per heavy atom. The van der Waals surface area contributed by atoms with Crippen LogP contribution in [0.3, 0.4) is 0 Å². The lowest BCUT2D eigenvalue weighted by Crippen LogP contribution is -2.48. The van der Waals surface area contributed by atoms with E-state index < -0.39 is 0 Å². The standard InChI is InChI=1S/C27H31N3O4/c1-18-19(4-5-22-23(18)17-34-27(22)31)8-10-29-11-13-30(14-12-29)16-25-20-6-7-24(28-2)26(32-3)21(20)9-15-33-25/h4-7,25H,8-17H2,1,3H3. The van der Waals surface area contributed by atoms with Crippen molar-refractivity contribution in [2.24, 2.45) is 0 Å². The maximum atomic E-state index is 11.8. The molecule has 3 aliphatic rings. The normalized spacial score (nSPS) is 20.4. The number of carbonyl (C=O) groups is 1. The van der Waals surface area contributed by atoms with Gasteiger partial charge in [-0.05, 0) is 48.1 Å². The van der Waals surface area contributed by atoms with E-state index in [0.29, 0.717) is 24.7 Å². The van der Waals surface area contributed by atoms with Crippen LogP contribution in [0.5, 0.6) is 5.75 Å². The van der Waals surface area contributed by atoms with Crippen LogP contribution >= 0.6 is 0 Å². The Balaban J connectivity index is 1.16. The lowest BCUT2D eigenvalue weighted by molar-refractivity contribution is 0.00426. The van der Waals surface area contributed by atoms with E-state index in [1.165, 1.54) is 11.1 Å². The molecule has 0 saturated carbocycles. The molecule has 7 heteroatoms. The van der Waals surface area contributed by atoms with Crippen molar-refractivity contribution in [3.05, 3.63) is 69.1 Å². The predicted octanol–water partition coefficient (Wildman–Crippen LogP) is 3.70. The van der Waals surface area contributed by atoms with Crippen molar-refractivity contribution in [3.63, 3.8) is 0 Å². The van der Waals surface area contributed by atoms with Crippen LogP contribution < -0.4 is 4.74 Å². The first-order valence-electron chi connectivity index (χ1n) is 12.0. The van der Waals surface area contributed by atoms with E-state index in [1.54, 1.807) is 7.11 Å². The molecule has 178 valence electrons. The van der Waals surface area contributed by atoms with Crippen molar-refractivity contribution in [1.82, 2.24) is 9.80 Å². The fourth-order valence-corrected chi connectivity index (χ4v) is 5.43. The fraction of sp³-hybridized carbons (Fsp3) is 0.481. The molecule has 2 aromatic carbocycles. The molecule has 3 aliphatic heterocycles. The van der Waals surface area contributed by atoms with Crippen LogP contribution in [0.2, 0.25) is 0 Å². The van der Waals surface area contributed by atoms with Gasteiger partial charge in [0, 0.05) is 44.8 Å². The average molecular weight is 462 g/mol. The number of nitrogens with zero attached hydrogens (tertiary/aromatic N) is 3. The van der Waals surface area contributed by atoms with E-state index in [4.69, 9.17) is 20.8 Å². The third-order valence-electron chi connectivity index (χ3n) is 7.48. The molecule has 0 spiro atoms. The van der Waals surface area contributed by atoms with Gasteiger partial charge in [-0.15, -0.1) is 0 Å². The summed E-state index contributed by atoms with van der Waals surface area (Å²) in [6.07, 6.45) is 1.78. The maximum absolute atomic E-state index is 11.8. The van der Waals surface area contributed by atoms with E-state index in [-0.39, 0.29) is 12.1 Å². The quantitative estimate of drug-likeness (QED) is 0.483. The molecule has 1 fully saturated rings. The Morgan fingerprint density at radius 2 is 1.91 bits per heavy atom. The molecule has 3 heterocycles. The zero-order chi connectivity index (χ0) is 23.7. The van der Waals surface area contributed by atoms with E-state index >= 15 is 0 Å². The largest absolute Gasteiger partial charge is 0.507 e. The Morgan fingerprint density at radius 3 is 2.68 bits per heavy atom. The number of rotatable bonds is 6. The summed E-state index contributed by atoms with van der Waals surface area (Å²) in [5.74, 6) is 0.513. The van der Waals surface area contributed by atoms with E-state index in [1.807, 2.05) is 18.2 Å². The summed E-state index contributed by atoms with van der Waals surface area (Å²) in [5, 5.41) is 0. The van der Waals surface area contributed by atoms with Gasteiger partial charge >= 0.3 is 5.97 Å². The van der Waals surface area contributed by atoms with Crippen LogP contribution in [0, 0.1) is 13.5 Å². The van der Waals surface area contributed by atoms with E-state index in [9.17, 15) is 4.79 Å². The number of esters is 1. The second-order valence-corrected chi connectivity index (χ2v) is 9.25. The van der Waals surface area contributed by atoms with Gasteiger partial charge in [0.05, 0.1) is 32.0 Å². The Hall–Kier alpha value is -2.92. The van der Waals surface area contributed by atoms with E-state index in [2.05, 4.69) is 27.6 Å². The van der Waals surface area contributed by atoms with E-state index in [0.717, 1.165) is 74.4 Å². The first kappa shape index (κ1) is 22.9. The highest BCUT2D eigenvalue weighted by molar-refractivity contribution is 5.93. The van der Waals surface area contributed by atoms with Gasteiger partial charge in [0.25, 0.3) is 0 Å². The van der Waals surface area contributed by atoms with Crippen LogP contribution in [-0.4, -0.2) is 68.8 Å². The van der Waals surface area contributed by atoms with Gasteiger partial charge in [-0.1, -0.05) is 18.2 Å². The van der Waals surface area contributed by atoms with Crippen LogP contribution in [0.15, 0.2) is 24.3 Å². The number of methoxy groups -OCH3 is 1. The summed E-state index contributed by atoms with van der Waals surface area (Å²) in [4.78, 5) is 20.4.